The van der Waals surface area contributed by atoms with E-state index in [4.69, 9.17) is 4.42 Å². The first-order chi connectivity index (χ1) is 11.6. The van der Waals surface area contributed by atoms with E-state index in [9.17, 15) is 9.59 Å². The number of hydrogen-bond acceptors (Lipinski definition) is 5. The van der Waals surface area contributed by atoms with Gasteiger partial charge < -0.3 is 15.1 Å². The molecule has 0 aliphatic carbocycles. The Bertz CT molecular complexity index is 510. The summed E-state index contributed by atoms with van der Waals surface area (Å²) in [5.74, 6) is 0.823. The van der Waals surface area contributed by atoms with Crippen LogP contribution in [0.5, 0.6) is 0 Å². The van der Waals surface area contributed by atoms with Crippen LogP contribution in [0.3, 0.4) is 0 Å². The maximum Gasteiger partial charge on any atom is 0.234 e. The molecule has 2 amide bonds. The van der Waals surface area contributed by atoms with E-state index in [0.717, 1.165) is 38.4 Å². The fraction of sp³-hybridized carbons (Fsp3) is 0.647. The molecule has 2 rings (SSSR count). The minimum atomic E-state index is -0.00522. The Kier molecular flexibility index (Phi) is 7.27. The second kappa shape index (κ2) is 9.44. The lowest BCUT2D eigenvalue weighted by Crippen LogP contribution is -2.52. The topological polar surface area (TPSA) is 77.8 Å². The summed E-state index contributed by atoms with van der Waals surface area (Å²) in [6.45, 7) is 8.50. The van der Waals surface area contributed by atoms with E-state index in [-0.39, 0.29) is 17.9 Å². The smallest absolute Gasteiger partial charge is 0.234 e. The monoisotopic (exact) mass is 336 g/mol. The van der Waals surface area contributed by atoms with Gasteiger partial charge in [-0.05, 0) is 25.5 Å². The second-order valence-corrected chi connectivity index (χ2v) is 6.29. The third kappa shape index (κ3) is 6.33. The molecule has 1 aliphatic rings. The van der Waals surface area contributed by atoms with Gasteiger partial charge in [0.05, 0.1) is 25.9 Å². The minimum Gasteiger partial charge on any atom is -0.467 e. The number of carbonyl (C=O) groups is 2. The molecule has 1 fully saturated rings. The van der Waals surface area contributed by atoms with Crippen molar-refractivity contribution in [3.8, 4) is 0 Å². The average molecular weight is 336 g/mol. The molecule has 1 atom stereocenters. The Morgan fingerprint density at radius 1 is 1.17 bits per heavy atom. The highest BCUT2D eigenvalue weighted by Crippen LogP contribution is 2.02. The van der Waals surface area contributed by atoms with Crippen LogP contribution >= 0.6 is 0 Å². The molecular formula is C17H28N4O3. The summed E-state index contributed by atoms with van der Waals surface area (Å²) in [6.07, 6.45) is 2.53. The summed E-state index contributed by atoms with van der Waals surface area (Å²) >= 11 is 0. The SMILES string of the molecule is CCC(C)NC(=O)CN1CCN(CC(=O)NCc2ccco2)CC1. The number of amides is 2. The van der Waals surface area contributed by atoms with Crippen LogP contribution in [0.4, 0.5) is 0 Å². The Hall–Kier alpha value is -1.86. The van der Waals surface area contributed by atoms with Crippen LogP contribution in [0.2, 0.25) is 0 Å². The third-order valence-electron chi connectivity index (χ3n) is 4.26. The van der Waals surface area contributed by atoms with Crippen molar-refractivity contribution in [3.05, 3.63) is 24.2 Å². The van der Waals surface area contributed by atoms with E-state index in [0.29, 0.717) is 19.6 Å². The molecule has 2 N–H and O–H groups in total. The van der Waals surface area contributed by atoms with Gasteiger partial charge in [-0.3, -0.25) is 19.4 Å². The number of nitrogens with one attached hydrogen (secondary N) is 2. The molecule has 7 nitrogen and oxygen atoms in total. The highest BCUT2D eigenvalue weighted by atomic mass is 16.3. The van der Waals surface area contributed by atoms with Gasteiger partial charge in [0.15, 0.2) is 0 Å². The van der Waals surface area contributed by atoms with Crippen LogP contribution in [-0.4, -0.2) is 66.9 Å². The van der Waals surface area contributed by atoms with Crippen LogP contribution in [0.25, 0.3) is 0 Å². The zero-order valence-corrected chi connectivity index (χ0v) is 14.6. The van der Waals surface area contributed by atoms with Crippen LogP contribution < -0.4 is 10.6 Å². The maximum absolute atomic E-state index is 11.9. The average Bonchev–Trinajstić information content (AvgIpc) is 3.08. The fourth-order valence-corrected chi connectivity index (χ4v) is 2.59. The molecule has 0 radical (unpaired) electrons. The molecule has 134 valence electrons. The number of furan rings is 1. The van der Waals surface area contributed by atoms with Crippen molar-refractivity contribution in [3.63, 3.8) is 0 Å². The van der Waals surface area contributed by atoms with Gasteiger partial charge in [0, 0.05) is 32.2 Å². The Morgan fingerprint density at radius 3 is 2.33 bits per heavy atom. The summed E-state index contributed by atoms with van der Waals surface area (Å²) < 4.78 is 5.19. The number of rotatable bonds is 8. The predicted molar refractivity (Wildman–Crippen MR) is 91.3 cm³/mol. The molecular weight excluding hydrogens is 308 g/mol. The first kappa shape index (κ1) is 18.5. The molecule has 7 heteroatoms. The Balaban J connectivity index is 1.61. The number of hydrogen-bond donors (Lipinski definition) is 2. The van der Waals surface area contributed by atoms with E-state index in [2.05, 4.69) is 27.4 Å². The molecule has 2 heterocycles. The number of carbonyl (C=O) groups excluding carboxylic acids is 2. The van der Waals surface area contributed by atoms with Crippen molar-refractivity contribution in [2.45, 2.75) is 32.9 Å². The van der Waals surface area contributed by atoms with Crippen LogP contribution in [0.1, 0.15) is 26.0 Å². The molecule has 24 heavy (non-hydrogen) atoms. The summed E-state index contributed by atoms with van der Waals surface area (Å²) in [4.78, 5) is 28.1. The van der Waals surface area contributed by atoms with Crippen molar-refractivity contribution in [1.82, 2.24) is 20.4 Å². The molecule has 1 aliphatic heterocycles. The predicted octanol–water partition coefficient (Wildman–Crippen LogP) is 0.428. The third-order valence-corrected chi connectivity index (χ3v) is 4.26. The van der Waals surface area contributed by atoms with E-state index < -0.39 is 0 Å². The first-order valence-corrected chi connectivity index (χ1v) is 8.60. The summed E-state index contributed by atoms with van der Waals surface area (Å²) in [5.41, 5.74) is 0. The highest BCUT2D eigenvalue weighted by molar-refractivity contribution is 5.78. The van der Waals surface area contributed by atoms with Gasteiger partial charge in [0.2, 0.25) is 11.8 Å². The largest absolute Gasteiger partial charge is 0.467 e. The van der Waals surface area contributed by atoms with Crippen molar-refractivity contribution >= 4 is 11.8 Å². The fourth-order valence-electron chi connectivity index (χ4n) is 2.59. The Labute approximate surface area is 143 Å². The molecule has 0 aromatic carbocycles. The zero-order chi connectivity index (χ0) is 17.4. The van der Waals surface area contributed by atoms with E-state index in [1.165, 1.54) is 0 Å². The summed E-state index contributed by atoms with van der Waals surface area (Å²) in [7, 11) is 0. The van der Waals surface area contributed by atoms with Gasteiger partial charge in [0.1, 0.15) is 5.76 Å². The second-order valence-electron chi connectivity index (χ2n) is 6.29. The van der Waals surface area contributed by atoms with E-state index in [1.807, 2.05) is 13.0 Å². The highest BCUT2D eigenvalue weighted by Gasteiger charge is 2.20. The lowest BCUT2D eigenvalue weighted by molar-refractivity contribution is -0.125. The molecule has 1 aromatic heterocycles. The standard InChI is InChI=1S/C17H28N4O3/c1-3-14(2)19-17(23)13-21-8-6-20(7-9-21)12-16(22)18-11-15-5-4-10-24-15/h4-5,10,14H,3,6-9,11-13H2,1-2H3,(H,18,22)(H,19,23). The summed E-state index contributed by atoms with van der Waals surface area (Å²) in [5, 5.41) is 5.83. The number of nitrogens with zero attached hydrogens (tertiary/aromatic N) is 2. The lowest BCUT2D eigenvalue weighted by atomic mass is 10.2. The summed E-state index contributed by atoms with van der Waals surface area (Å²) in [6, 6.07) is 3.86. The quantitative estimate of drug-likeness (QED) is 0.720. The molecule has 0 bridgehead atoms. The van der Waals surface area contributed by atoms with Crippen molar-refractivity contribution in [2.75, 3.05) is 39.3 Å². The molecule has 1 saturated heterocycles. The van der Waals surface area contributed by atoms with E-state index in [1.54, 1.807) is 12.3 Å². The van der Waals surface area contributed by atoms with Gasteiger partial charge in [0.25, 0.3) is 0 Å². The van der Waals surface area contributed by atoms with Crippen molar-refractivity contribution in [1.29, 1.82) is 0 Å². The maximum atomic E-state index is 11.9. The van der Waals surface area contributed by atoms with Gasteiger partial charge >= 0.3 is 0 Å². The molecule has 1 aromatic rings. The lowest BCUT2D eigenvalue weighted by Gasteiger charge is -2.34. The van der Waals surface area contributed by atoms with Crippen molar-refractivity contribution in [2.24, 2.45) is 0 Å². The normalized spacial score (nSPS) is 17.4. The van der Waals surface area contributed by atoms with Crippen LogP contribution in [0, 0.1) is 0 Å². The first-order valence-electron chi connectivity index (χ1n) is 8.60. The van der Waals surface area contributed by atoms with Crippen molar-refractivity contribution < 1.29 is 14.0 Å². The van der Waals surface area contributed by atoms with E-state index >= 15 is 0 Å². The van der Waals surface area contributed by atoms with Gasteiger partial charge in [-0.2, -0.15) is 0 Å². The molecule has 0 saturated carbocycles. The van der Waals surface area contributed by atoms with Gasteiger partial charge in [-0.15, -0.1) is 0 Å². The number of piperazine rings is 1. The minimum absolute atomic E-state index is 0.00522. The van der Waals surface area contributed by atoms with Gasteiger partial charge in [-0.25, -0.2) is 0 Å². The van der Waals surface area contributed by atoms with Crippen LogP contribution in [-0.2, 0) is 16.1 Å². The Morgan fingerprint density at radius 2 is 1.79 bits per heavy atom. The molecule has 0 spiro atoms. The van der Waals surface area contributed by atoms with Crippen LogP contribution in [0.15, 0.2) is 22.8 Å². The zero-order valence-electron chi connectivity index (χ0n) is 14.6. The molecule has 1 unspecified atom stereocenters. The van der Waals surface area contributed by atoms with Gasteiger partial charge in [-0.1, -0.05) is 6.92 Å².